The van der Waals surface area contributed by atoms with Crippen molar-refractivity contribution in [3.63, 3.8) is 0 Å². The van der Waals surface area contributed by atoms with Crippen LogP contribution in [-0.2, 0) is 4.65 Å². The Morgan fingerprint density at radius 3 is 2.47 bits per heavy atom. The first-order valence-corrected chi connectivity index (χ1v) is 6.54. The quantitative estimate of drug-likeness (QED) is 0.630. The van der Waals surface area contributed by atoms with Gasteiger partial charge in [-0.15, -0.1) is 0 Å². The van der Waals surface area contributed by atoms with Gasteiger partial charge in [-0.2, -0.15) is 0 Å². The molecule has 0 aliphatic heterocycles. The molecular weight excluding hydrogens is 239 g/mol. The Hall–Kier alpha value is -1.13. The standard InChI is InChI=1S/C15H22BO3/c1-6-13(17)11-8-7-9-12(10-11)16-19-15(4,5)14(2,3)18/h7-10,18H,6H2,1-5H3. The molecule has 0 saturated carbocycles. The smallest absolute Gasteiger partial charge is 0.330 e. The zero-order chi connectivity index (χ0) is 14.7. The average molecular weight is 261 g/mol. The molecule has 19 heavy (non-hydrogen) atoms. The molecule has 1 N–H and O–H groups in total. The summed E-state index contributed by atoms with van der Waals surface area (Å²) in [6, 6.07) is 7.29. The maximum Gasteiger partial charge on any atom is 0.330 e. The molecule has 0 aliphatic rings. The first-order chi connectivity index (χ1) is 8.67. The minimum atomic E-state index is -0.958. The van der Waals surface area contributed by atoms with Crippen LogP contribution >= 0.6 is 0 Å². The van der Waals surface area contributed by atoms with Crippen LogP contribution in [0.4, 0.5) is 0 Å². The molecule has 1 aromatic rings. The highest BCUT2D eigenvalue weighted by atomic mass is 16.5. The Kier molecular flexibility index (Phi) is 4.94. The molecule has 0 aliphatic carbocycles. The number of hydrogen-bond donors (Lipinski definition) is 1. The van der Waals surface area contributed by atoms with E-state index in [1.54, 1.807) is 33.5 Å². The largest absolute Gasteiger partial charge is 0.427 e. The van der Waals surface area contributed by atoms with Crippen molar-refractivity contribution in [1.29, 1.82) is 0 Å². The second-order valence-electron chi connectivity index (χ2n) is 5.71. The van der Waals surface area contributed by atoms with Crippen LogP contribution in [-0.4, -0.2) is 29.6 Å². The Morgan fingerprint density at radius 1 is 1.32 bits per heavy atom. The fourth-order valence-corrected chi connectivity index (χ4v) is 1.35. The van der Waals surface area contributed by atoms with E-state index in [1.807, 2.05) is 32.9 Å². The molecule has 1 radical (unpaired) electrons. The highest BCUT2D eigenvalue weighted by molar-refractivity contribution is 6.47. The topological polar surface area (TPSA) is 46.5 Å². The first kappa shape index (κ1) is 15.9. The molecule has 0 bridgehead atoms. The van der Waals surface area contributed by atoms with Crippen molar-refractivity contribution in [2.45, 2.75) is 52.2 Å². The van der Waals surface area contributed by atoms with E-state index < -0.39 is 11.2 Å². The summed E-state index contributed by atoms with van der Waals surface area (Å²) in [5.74, 6) is 0.108. The SMILES string of the molecule is CCC(=O)c1cccc([B]OC(C)(C)C(C)(C)O)c1. The van der Waals surface area contributed by atoms with Gasteiger partial charge in [0.15, 0.2) is 5.78 Å². The van der Waals surface area contributed by atoms with Gasteiger partial charge >= 0.3 is 7.48 Å². The van der Waals surface area contributed by atoms with Crippen molar-refractivity contribution in [3.05, 3.63) is 29.8 Å². The number of carbonyl (C=O) groups is 1. The van der Waals surface area contributed by atoms with E-state index in [2.05, 4.69) is 0 Å². The Labute approximate surface area is 116 Å². The Bertz CT molecular complexity index is 447. The van der Waals surface area contributed by atoms with Crippen LogP contribution in [0.2, 0.25) is 0 Å². The van der Waals surface area contributed by atoms with Crippen LogP contribution in [0.5, 0.6) is 0 Å². The number of rotatable bonds is 6. The third-order valence-electron chi connectivity index (χ3n) is 3.49. The molecule has 0 saturated heterocycles. The molecule has 0 fully saturated rings. The van der Waals surface area contributed by atoms with Gasteiger partial charge in [-0.1, -0.05) is 36.7 Å². The van der Waals surface area contributed by atoms with E-state index in [0.717, 1.165) is 5.46 Å². The van der Waals surface area contributed by atoms with Crippen LogP contribution in [0.1, 0.15) is 51.4 Å². The molecule has 0 amide bonds. The molecule has 1 rings (SSSR count). The molecule has 3 nitrogen and oxygen atoms in total. The van der Waals surface area contributed by atoms with E-state index >= 15 is 0 Å². The third kappa shape index (κ3) is 4.18. The lowest BCUT2D eigenvalue weighted by Gasteiger charge is -2.37. The Morgan fingerprint density at radius 2 is 1.95 bits per heavy atom. The number of carbonyl (C=O) groups excluding carboxylic acids is 1. The lowest BCUT2D eigenvalue weighted by Crippen LogP contribution is -2.49. The summed E-state index contributed by atoms with van der Waals surface area (Å²) in [5.41, 5.74) is -0.171. The van der Waals surface area contributed by atoms with Crippen LogP contribution in [0.15, 0.2) is 24.3 Å². The molecule has 0 aromatic heterocycles. The molecule has 0 spiro atoms. The second-order valence-corrected chi connectivity index (χ2v) is 5.71. The van der Waals surface area contributed by atoms with E-state index in [4.69, 9.17) is 4.65 Å². The average Bonchev–Trinajstić information content (AvgIpc) is 2.34. The van der Waals surface area contributed by atoms with Crippen LogP contribution in [0.25, 0.3) is 0 Å². The van der Waals surface area contributed by atoms with Crippen molar-refractivity contribution in [3.8, 4) is 0 Å². The molecule has 0 unspecified atom stereocenters. The lowest BCUT2D eigenvalue weighted by atomic mass is 9.82. The van der Waals surface area contributed by atoms with Gasteiger partial charge < -0.3 is 9.76 Å². The normalized spacial score (nSPS) is 12.3. The number of Topliss-reactive ketones (excluding diaryl/α,β-unsaturated/α-hetero) is 1. The van der Waals surface area contributed by atoms with Crippen LogP contribution < -0.4 is 5.46 Å². The monoisotopic (exact) mass is 261 g/mol. The van der Waals surface area contributed by atoms with Gasteiger partial charge in [0.2, 0.25) is 0 Å². The summed E-state index contributed by atoms with van der Waals surface area (Å²) in [4.78, 5) is 11.6. The zero-order valence-corrected chi connectivity index (χ0v) is 12.4. The highest BCUT2D eigenvalue weighted by Gasteiger charge is 2.35. The first-order valence-electron chi connectivity index (χ1n) is 6.54. The summed E-state index contributed by atoms with van der Waals surface area (Å²) in [6.07, 6.45) is 0.486. The minimum Gasteiger partial charge on any atom is -0.427 e. The third-order valence-corrected chi connectivity index (χ3v) is 3.49. The van der Waals surface area contributed by atoms with Gasteiger partial charge in [0.25, 0.3) is 0 Å². The fraction of sp³-hybridized carbons (Fsp3) is 0.533. The van der Waals surface area contributed by atoms with E-state index in [-0.39, 0.29) is 5.78 Å². The van der Waals surface area contributed by atoms with E-state index in [1.165, 1.54) is 0 Å². The summed E-state index contributed by atoms with van der Waals surface area (Å²) in [7, 11) is 1.59. The number of aliphatic hydroxyl groups is 1. The van der Waals surface area contributed by atoms with Gasteiger partial charge in [0.1, 0.15) is 0 Å². The van der Waals surface area contributed by atoms with Crippen LogP contribution in [0.3, 0.4) is 0 Å². The minimum absolute atomic E-state index is 0.108. The molecule has 0 heterocycles. The van der Waals surface area contributed by atoms with Crippen molar-refractivity contribution in [2.24, 2.45) is 0 Å². The van der Waals surface area contributed by atoms with Crippen molar-refractivity contribution >= 4 is 18.7 Å². The summed E-state index contributed by atoms with van der Waals surface area (Å²) < 4.78 is 5.66. The molecule has 103 valence electrons. The van der Waals surface area contributed by atoms with E-state index in [0.29, 0.717) is 12.0 Å². The predicted molar refractivity (Wildman–Crippen MR) is 77.9 cm³/mol. The van der Waals surface area contributed by atoms with Crippen LogP contribution in [0, 0.1) is 0 Å². The van der Waals surface area contributed by atoms with Gasteiger partial charge in [-0.3, -0.25) is 4.79 Å². The number of benzene rings is 1. The number of hydrogen-bond acceptors (Lipinski definition) is 3. The summed E-state index contributed by atoms with van der Waals surface area (Å²) in [5, 5.41) is 10.0. The van der Waals surface area contributed by atoms with Gasteiger partial charge in [0, 0.05) is 12.0 Å². The van der Waals surface area contributed by atoms with Crippen molar-refractivity contribution in [1.82, 2.24) is 0 Å². The lowest BCUT2D eigenvalue weighted by molar-refractivity contribution is -0.0893. The fourth-order valence-electron chi connectivity index (χ4n) is 1.35. The second kappa shape index (κ2) is 5.89. The summed E-state index contributed by atoms with van der Waals surface area (Å²) >= 11 is 0. The van der Waals surface area contributed by atoms with Gasteiger partial charge in [-0.05, 0) is 27.7 Å². The maximum atomic E-state index is 11.6. The molecular formula is C15H22BO3. The van der Waals surface area contributed by atoms with Gasteiger partial charge in [-0.25, -0.2) is 0 Å². The van der Waals surface area contributed by atoms with Crippen molar-refractivity contribution < 1.29 is 14.6 Å². The van der Waals surface area contributed by atoms with Gasteiger partial charge in [0.05, 0.1) is 11.2 Å². The summed E-state index contributed by atoms with van der Waals surface area (Å²) in [6.45, 7) is 8.90. The molecule has 1 aromatic carbocycles. The van der Waals surface area contributed by atoms with Crippen molar-refractivity contribution in [2.75, 3.05) is 0 Å². The predicted octanol–water partition coefficient (Wildman–Crippen LogP) is 2.09. The highest BCUT2D eigenvalue weighted by Crippen LogP contribution is 2.24. The molecule has 0 atom stereocenters. The molecule has 4 heteroatoms. The van der Waals surface area contributed by atoms with E-state index in [9.17, 15) is 9.90 Å². The maximum absolute atomic E-state index is 11.6. The zero-order valence-electron chi connectivity index (χ0n) is 12.4. The Balaban J connectivity index is 2.76. The number of ketones is 1.